The molecule has 2 unspecified atom stereocenters. The summed E-state index contributed by atoms with van der Waals surface area (Å²) in [6, 6.07) is 8.29. The van der Waals surface area contributed by atoms with E-state index in [9.17, 15) is 4.79 Å². The summed E-state index contributed by atoms with van der Waals surface area (Å²) in [5, 5.41) is 3.07. The number of benzene rings is 1. The summed E-state index contributed by atoms with van der Waals surface area (Å²) < 4.78 is 0. The van der Waals surface area contributed by atoms with E-state index in [0.717, 1.165) is 12.0 Å². The molecule has 19 heavy (non-hydrogen) atoms. The minimum absolute atomic E-state index is 0.0285. The lowest BCUT2D eigenvalue weighted by Gasteiger charge is -2.29. The second-order valence-corrected chi connectivity index (χ2v) is 6.76. The number of nitrogens with one attached hydrogen (secondary N) is 1. The molecule has 0 saturated carbocycles. The van der Waals surface area contributed by atoms with E-state index in [1.54, 1.807) is 0 Å². The zero-order valence-corrected chi connectivity index (χ0v) is 14.0. The van der Waals surface area contributed by atoms with Crippen molar-refractivity contribution < 1.29 is 4.79 Å². The Morgan fingerprint density at radius 2 is 1.84 bits per heavy atom. The molecule has 1 N–H and O–H groups in total. The lowest BCUT2D eigenvalue weighted by Crippen LogP contribution is -2.40. The van der Waals surface area contributed by atoms with Gasteiger partial charge in [0.2, 0.25) is 5.91 Å². The number of carbonyl (C=O) groups excluding carboxylic acids is 1. The van der Waals surface area contributed by atoms with Gasteiger partial charge >= 0.3 is 0 Å². The van der Waals surface area contributed by atoms with Crippen molar-refractivity contribution in [3.8, 4) is 0 Å². The molecule has 1 rings (SSSR count). The van der Waals surface area contributed by atoms with Crippen LogP contribution in [0.25, 0.3) is 0 Å². The maximum atomic E-state index is 12.2. The molecule has 0 aromatic heterocycles. The predicted octanol–water partition coefficient (Wildman–Crippen LogP) is 4.37. The van der Waals surface area contributed by atoms with E-state index in [1.807, 2.05) is 6.92 Å². The number of amides is 1. The minimum atomic E-state index is -0.169. The molecule has 0 bridgehead atoms. The van der Waals surface area contributed by atoms with Gasteiger partial charge in [0.15, 0.2) is 0 Å². The van der Waals surface area contributed by atoms with Gasteiger partial charge in [0.1, 0.15) is 0 Å². The molecule has 2 nitrogen and oxygen atoms in total. The molecule has 0 saturated heterocycles. The van der Waals surface area contributed by atoms with Crippen LogP contribution >= 0.6 is 15.9 Å². The molecule has 3 heteroatoms. The van der Waals surface area contributed by atoms with Crippen molar-refractivity contribution in [1.82, 2.24) is 5.32 Å². The Kier molecular flexibility index (Phi) is 5.60. The highest BCUT2D eigenvalue weighted by Crippen LogP contribution is 2.31. The number of halogens is 1. The summed E-state index contributed by atoms with van der Waals surface area (Å²) in [6.07, 6.45) is 0.954. The van der Waals surface area contributed by atoms with Crippen LogP contribution in [0, 0.1) is 12.3 Å². The van der Waals surface area contributed by atoms with Crippen LogP contribution in [0.1, 0.15) is 51.3 Å². The van der Waals surface area contributed by atoms with Gasteiger partial charge in [-0.15, -0.1) is 0 Å². The zero-order chi connectivity index (χ0) is 14.6. The molecule has 1 aromatic rings. The molecule has 106 valence electrons. The standard InChI is InChI=1S/C16H24BrNO/c1-6-16(4,5)14(17)15(19)18-12(3)13-9-7-11(2)8-10-13/h7-10,12,14H,6H2,1-5H3,(H,18,19). The van der Waals surface area contributed by atoms with Crippen molar-refractivity contribution >= 4 is 21.8 Å². The molecular weight excluding hydrogens is 302 g/mol. The lowest BCUT2D eigenvalue weighted by atomic mass is 9.86. The van der Waals surface area contributed by atoms with Crippen LogP contribution in [0.2, 0.25) is 0 Å². The van der Waals surface area contributed by atoms with E-state index in [4.69, 9.17) is 0 Å². The molecule has 0 heterocycles. The van der Waals surface area contributed by atoms with Crippen LogP contribution < -0.4 is 5.32 Å². The number of alkyl halides is 1. The maximum absolute atomic E-state index is 12.2. The topological polar surface area (TPSA) is 29.1 Å². The summed E-state index contributed by atoms with van der Waals surface area (Å²) >= 11 is 3.53. The first-order valence-electron chi connectivity index (χ1n) is 6.79. The average molecular weight is 326 g/mol. The third kappa shape index (κ3) is 4.34. The molecule has 0 fully saturated rings. The Bertz CT molecular complexity index is 425. The SMILES string of the molecule is CCC(C)(C)C(Br)C(=O)NC(C)c1ccc(C)cc1. The molecule has 1 amide bonds. The van der Waals surface area contributed by atoms with Gasteiger partial charge in [-0.2, -0.15) is 0 Å². The quantitative estimate of drug-likeness (QED) is 0.800. The van der Waals surface area contributed by atoms with Gasteiger partial charge in [-0.1, -0.05) is 66.5 Å². The van der Waals surface area contributed by atoms with Crippen molar-refractivity contribution in [2.75, 3.05) is 0 Å². The van der Waals surface area contributed by atoms with Gasteiger partial charge in [0.25, 0.3) is 0 Å². The molecule has 1 aromatic carbocycles. The van der Waals surface area contributed by atoms with Crippen LogP contribution in [-0.2, 0) is 4.79 Å². The second-order valence-electron chi connectivity index (χ2n) is 5.85. The van der Waals surface area contributed by atoms with Crippen LogP contribution in [-0.4, -0.2) is 10.7 Å². The van der Waals surface area contributed by atoms with Gasteiger partial charge in [0.05, 0.1) is 10.9 Å². The first-order chi connectivity index (χ1) is 8.77. The Balaban J connectivity index is 2.69. The van der Waals surface area contributed by atoms with E-state index in [2.05, 4.69) is 73.2 Å². The second kappa shape index (κ2) is 6.56. The van der Waals surface area contributed by atoms with E-state index in [1.165, 1.54) is 5.56 Å². The molecular formula is C16H24BrNO. The Morgan fingerprint density at radius 3 is 2.32 bits per heavy atom. The fraction of sp³-hybridized carbons (Fsp3) is 0.562. The molecule has 0 aliphatic rings. The number of hydrogen-bond acceptors (Lipinski definition) is 1. The number of hydrogen-bond donors (Lipinski definition) is 1. The highest BCUT2D eigenvalue weighted by molar-refractivity contribution is 9.10. The Morgan fingerprint density at radius 1 is 1.32 bits per heavy atom. The van der Waals surface area contributed by atoms with Gasteiger partial charge in [-0.05, 0) is 31.2 Å². The fourth-order valence-corrected chi connectivity index (χ4v) is 2.22. The van der Waals surface area contributed by atoms with Gasteiger partial charge in [-0.25, -0.2) is 0 Å². The van der Waals surface area contributed by atoms with Gasteiger partial charge < -0.3 is 5.32 Å². The summed E-state index contributed by atoms with van der Waals surface area (Å²) in [6.45, 7) is 10.4. The van der Waals surface area contributed by atoms with Gasteiger partial charge in [0, 0.05) is 0 Å². The van der Waals surface area contributed by atoms with Crippen molar-refractivity contribution in [2.45, 2.75) is 51.9 Å². The van der Waals surface area contributed by atoms with Crippen LogP contribution in [0.4, 0.5) is 0 Å². The molecule has 0 radical (unpaired) electrons. The normalized spacial score (nSPS) is 14.8. The number of carbonyl (C=O) groups is 1. The van der Waals surface area contributed by atoms with Crippen molar-refractivity contribution in [3.63, 3.8) is 0 Å². The first kappa shape index (κ1) is 16.2. The Hall–Kier alpha value is -0.830. The zero-order valence-electron chi connectivity index (χ0n) is 12.5. The smallest absolute Gasteiger partial charge is 0.234 e. The maximum Gasteiger partial charge on any atom is 0.234 e. The molecule has 0 aliphatic carbocycles. The molecule has 0 spiro atoms. The van der Waals surface area contributed by atoms with Gasteiger partial charge in [-0.3, -0.25) is 4.79 Å². The first-order valence-corrected chi connectivity index (χ1v) is 7.70. The third-order valence-electron chi connectivity index (χ3n) is 3.76. The minimum Gasteiger partial charge on any atom is -0.349 e. The van der Waals surface area contributed by atoms with E-state index >= 15 is 0 Å². The van der Waals surface area contributed by atoms with Crippen LogP contribution in [0.15, 0.2) is 24.3 Å². The lowest BCUT2D eigenvalue weighted by molar-refractivity contribution is -0.122. The highest BCUT2D eigenvalue weighted by Gasteiger charge is 2.31. The summed E-state index contributed by atoms with van der Waals surface area (Å²) in [5.41, 5.74) is 2.32. The number of rotatable bonds is 5. The van der Waals surface area contributed by atoms with E-state index in [-0.39, 0.29) is 22.2 Å². The highest BCUT2D eigenvalue weighted by atomic mass is 79.9. The fourth-order valence-electron chi connectivity index (χ4n) is 1.76. The van der Waals surface area contributed by atoms with Crippen LogP contribution in [0.3, 0.4) is 0 Å². The van der Waals surface area contributed by atoms with Crippen LogP contribution in [0.5, 0.6) is 0 Å². The average Bonchev–Trinajstić information content (AvgIpc) is 2.38. The monoisotopic (exact) mass is 325 g/mol. The summed E-state index contributed by atoms with van der Waals surface area (Å²) in [5.74, 6) is 0.0555. The van der Waals surface area contributed by atoms with Crippen molar-refractivity contribution in [2.24, 2.45) is 5.41 Å². The predicted molar refractivity (Wildman–Crippen MR) is 84.5 cm³/mol. The summed E-state index contributed by atoms with van der Waals surface area (Å²) in [7, 11) is 0. The molecule has 0 aliphatic heterocycles. The third-order valence-corrected chi connectivity index (χ3v) is 5.42. The largest absolute Gasteiger partial charge is 0.349 e. The summed E-state index contributed by atoms with van der Waals surface area (Å²) in [4.78, 5) is 12.1. The van der Waals surface area contributed by atoms with E-state index in [0.29, 0.717) is 0 Å². The van der Waals surface area contributed by atoms with E-state index < -0.39 is 0 Å². The van der Waals surface area contributed by atoms with Crippen molar-refractivity contribution in [1.29, 1.82) is 0 Å². The van der Waals surface area contributed by atoms with Crippen molar-refractivity contribution in [3.05, 3.63) is 35.4 Å². The number of aryl methyl sites for hydroxylation is 1. The Labute approximate surface area is 125 Å². The molecule has 2 atom stereocenters.